The van der Waals surface area contributed by atoms with Gasteiger partial charge in [-0.15, -0.1) is 0 Å². The molecule has 2 rings (SSSR count). The van der Waals surface area contributed by atoms with Gasteiger partial charge in [0.2, 0.25) is 0 Å². The molecule has 0 amide bonds. The summed E-state index contributed by atoms with van der Waals surface area (Å²) in [4.78, 5) is 11.7. The van der Waals surface area contributed by atoms with Crippen LogP contribution in [-0.4, -0.2) is 19.7 Å². The smallest absolute Gasteiger partial charge is 0.338 e. The Morgan fingerprint density at radius 3 is 2.32 bits per heavy atom. The summed E-state index contributed by atoms with van der Waals surface area (Å²) in [6.45, 7) is 0.375. The van der Waals surface area contributed by atoms with Crippen LogP contribution in [0.25, 0.3) is 0 Å². The Labute approximate surface area is 112 Å². The van der Waals surface area contributed by atoms with Crippen molar-refractivity contribution in [1.29, 1.82) is 0 Å². The molecule has 0 unspecified atom stereocenters. The van der Waals surface area contributed by atoms with Gasteiger partial charge in [0.1, 0.15) is 5.75 Å². The molecule has 2 aromatic rings. The Morgan fingerprint density at radius 2 is 1.68 bits per heavy atom. The van der Waals surface area contributed by atoms with Crippen molar-refractivity contribution in [1.82, 2.24) is 0 Å². The summed E-state index contributed by atoms with van der Waals surface area (Å²) < 4.78 is 10.3. The van der Waals surface area contributed by atoms with Crippen LogP contribution in [-0.2, 0) is 11.2 Å². The molecule has 19 heavy (non-hydrogen) atoms. The largest absolute Gasteiger partial charge is 0.497 e. The van der Waals surface area contributed by atoms with Gasteiger partial charge >= 0.3 is 5.97 Å². The van der Waals surface area contributed by atoms with E-state index in [0.29, 0.717) is 18.6 Å². The molecule has 3 heteroatoms. The van der Waals surface area contributed by atoms with Crippen molar-refractivity contribution in [3.05, 3.63) is 65.7 Å². The second-order valence-corrected chi connectivity index (χ2v) is 4.10. The number of esters is 1. The van der Waals surface area contributed by atoms with E-state index in [0.717, 1.165) is 11.3 Å². The van der Waals surface area contributed by atoms with Gasteiger partial charge in [-0.05, 0) is 29.8 Å². The Hall–Kier alpha value is -2.29. The van der Waals surface area contributed by atoms with Crippen LogP contribution in [0.2, 0.25) is 0 Å². The van der Waals surface area contributed by atoms with Crippen LogP contribution in [0, 0.1) is 0 Å². The van der Waals surface area contributed by atoms with Crippen molar-refractivity contribution >= 4 is 5.97 Å². The Balaban J connectivity index is 1.81. The van der Waals surface area contributed by atoms with Crippen molar-refractivity contribution in [3.63, 3.8) is 0 Å². The highest BCUT2D eigenvalue weighted by atomic mass is 16.5. The predicted molar refractivity (Wildman–Crippen MR) is 73.4 cm³/mol. The van der Waals surface area contributed by atoms with Crippen molar-refractivity contribution in [2.45, 2.75) is 6.42 Å². The Kier molecular flexibility index (Phi) is 4.56. The molecule has 0 aliphatic rings. The zero-order valence-corrected chi connectivity index (χ0v) is 10.8. The molecule has 0 saturated heterocycles. The van der Waals surface area contributed by atoms with E-state index in [1.165, 1.54) is 0 Å². The molecule has 0 spiro atoms. The lowest BCUT2D eigenvalue weighted by molar-refractivity contribution is 0.0509. The summed E-state index contributed by atoms with van der Waals surface area (Å²) in [5.41, 5.74) is 1.69. The number of carbonyl (C=O) groups excluding carboxylic acids is 1. The van der Waals surface area contributed by atoms with E-state index < -0.39 is 0 Å². The van der Waals surface area contributed by atoms with Gasteiger partial charge in [0, 0.05) is 6.42 Å². The number of carbonyl (C=O) groups is 1. The summed E-state index contributed by atoms with van der Waals surface area (Å²) in [6, 6.07) is 16.7. The molecule has 98 valence electrons. The Morgan fingerprint density at radius 1 is 1.00 bits per heavy atom. The summed E-state index contributed by atoms with van der Waals surface area (Å²) in [6.07, 6.45) is 0.697. The fourth-order valence-corrected chi connectivity index (χ4v) is 1.71. The number of ether oxygens (including phenoxy) is 2. The maximum absolute atomic E-state index is 11.7. The van der Waals surface area contributed by atoms with E-state index in [1.807, 2.05) is 42.5 Å². The topological polar surface area (TPSA) is 35.5 Å². The first-order valence-electron chi connectivity index (χ1n) is 6.14. The molecule has 3 nitrogen and oxygen atoms in total. The van der Waals surface area contributed by atoms with Crippen LogP contribution in [0.4, 0.5) is 0 Å². The predicted octanol–water partition coefficient (Wildman–Crippen LogP) is 3.09. The third-order valence-electron chi connectivity index (χ3n) is 2.79. The average Bonchev–Trinajstić information content (AvgIpc) is 2.49. The lowest BCUT2D eigenvalue weighted by Crippen LogP contribution is -2.07. The number of methoxy groups -OCH3 is 1. The average molecular weight is 256 g/mol. The van der Waals surface area contributed by atoms with Gasteiger partial charge < -0.3 is 9.47 Å². The highest BCUT2D eigenvalue weighted by Crippen LogP contribution is 2.12. The highest BCUT2D eigenvalue weighted by molar-refractivity contribution is 5.89. The minimum atomic E-state index is -0.283. The van der Waals surface area contributed by atoms with Crippen LogP contribution < -0.4 is 4.74 Å². The fraction of sp³-hybridized carbons (Fsp3) is 0.188. The van der Waals surface area contributed by atoms with E-state index in [-0.39, 0.29) is 5.97 Å². The van der Waals surface area contributed by atoms with Gasteiger partial charge in [0.05, 0.1) is 19.3 Å². The van der Waals surface area contributed by atoms with Crippen LogP contribution in [0.5, 0.6) is 5.75 Å². The molecular formula is C16H16O3. The van der Waals surface area contributed by atoms with Crippen molar-refractivity contribution < 1.29 is 14.3 Å². The first kappa shape index (κ1) is 13.1. The lowest BCUT2D eigenvalue weighted by atomic mass is 10.1. The van der Waals surface area contributed by atoms with Gasteiger partial charge in [-0.3, -0.25) is 0 Å². The Bertz CT molecular complexity index is 517. The van der Waals surface area contributed by atoms with Crippen molar-refractivity contribution in [3.8, 4) is 5.75 Å². The minimum absolute atomic E-state index is 0.283. The van der Waals surface area contributed by atoms with E-state index in [1.54, 1.807) is 19.2 Å². The fourth-order valence-electron chi connectivity index (χ4n) is 1.71. The van der Waals surface area contributed by atoms with Crippen LogP contribution >= 0.6 is 0 Å². The first-order chi connectivity index (χ1) is 9.29. The number of hydrogen-bond acceptors (Lipinski definition) is 3. The zero-order valence-electron chi connectivity index (χ0n) is 10.8. The third-order valence-corrected chi connectivity index (χ3v) is 2.79. The summed E-state index contributed by atoms with van der Waals surface area (Å²) >= 11 is 0. The second-order valence-electron chi connectivity index (χ2n) is 4.10. The number of benzene rings is 2. The van der Waals surface area contributed by atoms with E-state index >= 15 is 0 Å². The molecule has 0 aliphatic heterocycles. The summed E-state index contributed by atoms with van der Waals surface area (Å²) in [5, 5.41) is 0. The van der Waals surface area contributed by atoms with E-state index in [4.69, 9.17) is 9.47 Å². The molecule has 0 bridgehead atoms. The van der Waals surface area contributed by atoms with Gasteiger partial charge in [-0.2, -0.15) is 0 Å². The van der Waals surface area contributed by atoms with Gasteiger partial charge in [-0.25, -0.2) is 4.79 Å². The zero-order chi connectivity index (χ0) is 13.5. The molecule has 0 aliphatic carbocycles. The summed E-state index contributed by atoms with van der Waals surface area (Å²) in [5.74, 6) is 0.541. The van der Waals surface area contributed by atoms with Crippen molar-refractivity contribution in [2.24, 2.45) is 0 Å². The monoisotopic (exact) mass is 256 g/mol. The van der Waals surface area contributed by atoms with Gasteiger partial charge in [0.15, 0.2) is 0 Å². The molecule has 0 aromatic heterocycles. The SMILES string of the molecule is COc1ccc(CCOC(=O)c2ccccc2)cc1. The third kappa shape index (κ3) is 3.85. The van der Waals surface area contributed by atoms with Gasteiger partial charge in [-0.1, -0.05) is 30.3 Å². The van der Waals surface area contributed by atoms with E-state index in [2.05, 4.69) is 0 Å². The van der Waals surface area contributed by atoms with Crippen molar-refractivity contribution in [2.75, 3.05) is 13.7 Å². The maximum Gasteiger partial charge on any atom is 0.338 e. The highest BCUT2D eigenvalue weighted by Gasteiger charge is 2.05. The molecule has 2 aromatic carbocycles. The second kappa shape index (κ2) is 6.59. The first-order valence-corrected chi connectivity index (χ1v) is 6.14. The molecule has 0 saturated carbocycles. The molecule has 0 atom stereocenters. The van der Waals surface area contributed by atoms with Gasteiger partial charge in [0.25, 0.3) is 0 Å². The van der Waals surface area contributed by atoms with E-state index in [9.17, 15) is 4.79 Å². The standard InChI is InChI=1S/C16H16O3/c1-18-15-9-7-13(8-10-15)11-12-19-16(17)14-5-3-2-4-6-14/h2-10H,11-12H2,1H3. The quantitative estimate of drug-likeness (QED) is 0.771. The van der Waals surface area contributed by atoms with Crippen LogP contribution in [0.3, 0.4) is 0 Å². The number of rotatable bonds is 5. The maximum atomic E-state index is 11.7. The molecule has 0 fully saturated rings. The van der Waals surface area contributed by atoms with Crippen LogP contribution in [0.15, 0.2) is 54.6 Å². The lowest BCUT2D eigenvalue weighted by Gasteiger charge is -2.05. The minimum Gasteiger partial charge on any atom is -0.497 e. The molecular weight excluding hydrogens is 240 g/mol. The summed E-state index contributed by atoms with van der Waals surface area (Å²) in [7, 11) is 1.64. The molecule has 0 heterocycles. The molecule has 0 N–H and O–H groups in total. The number of hydrogen-bond donors (Lipinski definition) is 0. The van der Waals surface area contributed by atoms with Crippen LogP contribution in [0.1, 0.15) is 15.9 Å². The normalized spacial score (nSPS) is 9.95. The molecule has 0 radical (unpaired) electrons.